The first-order chi connectivity index (χ1) is 12.9. The summed E-state index contributed by atoms with van der Waals surface area (Å²) in [6, 6.07) is 7.75. The minimum atomic E-state index is 0.0928. The third-order valence-corrected chi connectivity index (χ3v) is 4.98. The number of piperazine rings is 1. The van der Waals surface area contributed by atoms with Gasteiger partial charge in [0.05, 0.1) is 22.8 Å². The molecule has 27 heavy (non-hydrogen) atoms. The average Bonchev–Trinajstić information content (AvgIpc) is 2.97. The van der Waals surface area contributed by atoms with E-state index in [0.717, 1.165) is 49.7 Å². The molecule has 1 N–H and O–H groups in total. The number of rotatable bonds is 6. The highest BCUT2D eigenvalue weighted by Crippen LogP contribution is 2.28. The molecule has 1 saturated heterocycles. The van der Waals surface area contributed by atoms with Crippen LogP contribution in [0.25, 0.3) is 11.5 Å². The zero-order valence-electron chi connectivity index (χ0n) is 16.2. The molecule has 1 aliphatic rings. The number of halogens is 1. The Balaban J connectivity index is 1.55. The number of carbonyl (C=O) groups is 1. The molecule has 0 unspecified atom stereocenters. The van der Waals surface area contributed by atoms with Crippen LogP contribution in [0.5, 0.6) is 0 Å². The number of hydrogen-bond acceptors (Lipinski definition) is 5. The highest BCUT2D eigenvalue weighted by molar-refractivity contribution is 6.33. The second-order valence-corrected chi connectivity index (χ2v) is 7.68. The highest BCUT2D eigenvalue weighted by atomic mass is 35.5. The number of hydrogen-bond donors (Lipinski definition) is 1. The number of carbonyl (C=O) groups excluding carboxylic acids is 1. The summed E-state index contributed by atoms with van der Waals surface area (Å²) < 4.78 is 5.85. The molecule has 7 heteroatoms. The van der Waals surface area contributed by atoms with Crippen molar-refractivity contribution in [3.05, 3.63) is 40.7 Å². The monoisotopic (exact) mass is 390 g/mol. The lowest BCUT2D eigenvalue weighted by Gasteiger charge is -2.34. The molecule has 1 fully saturated rings. The van der Waals surface area contributed by atoms with Crippen LogP contribution in [0.3, 0.4) is 0 Å². The summed E-state index contributed by atoms with van der Waals surface area (Å²) in [6.07, 6.45) is 0. The maximum atomic E-state index is 11.9. The molecule has 0 aliphatic carbocycles. The van der Waals surface area contributed by atoms with Crippen molar-refractivity contribution < 1.29 is 9.21 Å². The largest absolute Gasteiger partial charge is 0.441 e. The predicted octanol–water partition coefficient (Wildman–Crippen LogP) is 2.95. The van der Waals surface area contributed by atoms with Crippen LogP contribution in [0.1, 0.15) is 25.3 Å². The van der Waals surface area contributed by atoms with Gasteiger partial charge in [-0.15, -0.1) is 0 Å². The molecule has 6 nitrogen and oxygen atoms in total. The van der Waals surface area contributed by atoms with E-state index in [2.05, 4.69) is 20.1 Å². The Morgan fingerprint density at radius 3 is 2.56 bits per heavy atom. The normalized spacial score (nSPS) is 16.0. The van der Waals surface area contributed by atoms with E-state index in [1.54, 1.807) is 0 Å². The molecule has 1 aliphatic heterocycles. The van der Waals surface area contributed by atoms with Gasteiger partial charge in [-0.3, -0.25) is 14.6 Å². The second kappa shape index (κ2) is 8.87. The molecule has 146 valence electrons. The first-order valence-electron chi connectivity index (χ1n) is 9.37. The lowest BCUT2D eigenvalue weighted by atomic mass is 10.2. The number of oxazole rings is 1. The van der Waals surface area contributed by atoms with Crippen LogP contribution in [0, 0.1) is 6.92 Å². The Labute approximate surface area is 165 Å². The Morgan fingerprint density at radius 1 is 1.22 bits per heavy atom. The minimum absolute atomic E-state index is 0.0928. The molecule has 1 aromatic carbocycles. The van der Waals surface area contributed by atoms with Gasteiger partial charge in [0.1, 0.15) is 5.76 Å². The zero-order chi connectivity index (χ0) is 19.4. The van der Waals surface area contributed by atoms with Crippen LogP contribution < -0.4 is 5.32 Å². The van der Waals surface area contributed by atoms with Gasteiger partial charge in [0.25, 0.3) is 0 Å². The quantitative estimate of drug-likeness (QED) is 0.821. The Bertz CT molecular complexity index is 782. The van der Waals surface area contributed by atoms with Crippen molar-refractivity contribution in [2.24, 2.45) is 0 Å². The van der Waals surface area contributed by atoms with Crippen LogP contribution in [-0.4, -0.2) is 59.5 Å². The Hall–Kier alpha value is -1.89. The number of aromatic nitrogens is 1. The summed E-state index contributed by atoms with van der Waals surface area (Å²) in [5, 5.41) is 3.58. The number of nitrogens with zero attached hydrogens (tertiary/aromatic N) is 3. The second-order valence-electron chi connectivity index (χ2n) is 7.28. The average molecular weight is 391 g/mol. The molecule has 0 atom stereocenters. The van der Waals surface area contributed by atoms with Gasteiger partial charge in [0.2, 0.25) is 11.8 Å². The van der Waals surface area contributed by atoms with Crippen LogP contribution in [-0.2, 0) is 11.3 Å². The molecule has 0 spiro atoms. The van der Waals surface area contributed by atoms with Crippen molar-refractivity contribution in [3.8, 4) is 11.5 Å². The number of benzene rings is 1. The van der Waals surface area contributed by atoms with E-state index in [9.17, 15) is 4.79 Å². The fourth-order valence-corrected chi connectivity index (χ4v) is 3.43. The molecule has 2 aromatic rings. The molecule has 0 saturated carbocycles. The summed E-state index contributed by atoms with van der Waals surface area (Å²) >= 11 is 6.25. The van der Waals surface area contributed by atoms with E-state index in [1.165, 1.54) is 0 Å². The van der Waals surface area contributed by atoms with Gasteiger partial charge >= 0.3 is 0 Å². The fourth-order valence-electron chi connectivity index (χ4n) is 3.21. The summed E-state index contributed by atoms with van der Waals surface area (Å²) in [4.78, 5) is 21.1. The van der Waals surface area contributed by atoms with E-state index in [1.807, 2.05) is 45.0 Å². The number of nitrogens with one attached hydrogen (secondary N) is 1. The summed E-state index contributed by atoms with van der Waals surface area (Å²) in [5.74, 6) is 1.48. The lowest BCUT2D eigenvalue weighted by Crippen LogP contribution is -2.49. The van der Waals surface area contributed by atoms with Crippen LogP contribution >= 0.6 is 11.6 Å². The molecule has 3 rings (SSSR count). The third-order valence-electron chi connectivity index (χ3n) is 4.65. The van der Waals surface area contributed by atoms with Crippen LogP contribution in [0.4, 0.5) is 0 Å². The van der Waals surface area contributed by atoms with E-state index >= 15 is 0 Å². The van der Waals surface area contributed by atoms with E-state index < -0.39 is 0 Å². The predicted molar refractivity (Wildman–Crippen MR) is 107 cm³/mol. The maximum absolute atomic E-state index is 11.9. The van der Waals surface area contributed by atoms with Crippen molar-refractivity contribution in [2.45, 2.75) is 33.4 Å². The van der Waals surface area contributed by atoms with Crippen molar-refractivity contribution in [3.63, 3.8) is 0 Å². The highest BCUT2D eigenvalue weighted by Gasteiger charge is 2.22. The first kappa shape index (κ1) is 19.9. The van der Waals surface area contributed by atoms with Crippen molar-refractivity contribution in [2.75, 3.05) is 32.7 Å². The maximum Gasteiger partial charge on any atom is 0.234 e. The van der Waals surface area contributed by atoms with Crippen LogP contribution in [0.15, 0.2) is 28.7 Å². The van der Waals surface area contributed by atoms with Gasteiger partial charge in [0, 0.05) is 38.8 Å². The number of aryl methyl sites for hydroxylation is 1. The SMILES string of the molecule is Cc1oc(-c2ccccc2Cl)nc1CN1CCN(CC(=O)NC(C)C)CC1. The molecule has 0 radical (unpaired) electrons. The smallest absolute Gasteiger partial charge is 0.234 e. The van der Waals surface area contributed by atoms with E-state index in [4.69, 9.17) is 16.0 Å². The summed E-state index contributed by atoms with van der Waals surface area (Å²) in [7, 11) is 0. The van der Waals surface area contributed by atoms with Gasteiger partial charge in [-0.25, -0.2) is 4.98 Å². The zero-order valence-corrected chi connectivity index (χ0v) is 16.9. The Kier molecular flexibility index (Phi) is 6.52. The third kappa shape index (κ3) is 5.31. The summed E-state index contributed by atoms with van der Waals surface area (Å²) in [5.41, 5.74) is 1.76. The van der Waals surface area contributed by atoms with Gasteiger partial charge in [-0.2, -0.15) is 0 Å². The van der Waals surface area contributed by atoms with Gasteiger partial charge in [-0.05, 0) is 32.9 Å². The standard InChI is InChI=1S/C20H27ClN4O2/c1-14(2)22-19(26)13-25-10-8-24(9-11-25)12-18-15(3)27-20(23-18)16-6-4-5-7-17(16)21/h4-7,14H,8-13H2,1-3H3,(H,22,26). The minimum Gasteiger partial charge on any atom is -0.441 e. The lowest BCUT2D eigenvalue weighted by molar-refractivity contribution is -0.123. The van der Waals surface area contributed by atoms with Crippen molar-refractivity contribution in [1.29, 1.82) is 0 Å². The molecular weight excluding hydrogens is 364 g/mol. The topological polar surface area (TPSA) is 61.6 Å². The summed E-state index contributed by atoms with van der Waals surface area (Å²) in [6.45, 7) is 10.7. The van der Waals surface area contributed by atoms with Gasteiger partial charge in [-0.1, -0.05) is 23.7 Å². The molecule has 2 heterocycles. The molecule has 1 aromatic heterocycles. The molecular formula is C20H27ClN4O2. The van der Waals surface area contributed by atoms with Crippen LogP contribution in [0.2, 0.25) is 5.02 Å². The molecule has 1 amide bonds. The molecule has 0 bridgehead atoms. The van der Waals surface area contributed by atoms with E-state index in [0.29, 0.717) is 17.5 Å². The van der Waals surface area contributed by atoms with Crippen molar-refractivity contribution in [1.82, 2.24) is 20.1 Å². The van der Waals surface area contributed by atoms with Gasteiger partial charge in [0.15, 0.2) is 0 Å². The first-order valence-corrected chi connectivity index (χ1v) is 9.75. The fraction of sp³-hybridized carbons (Fsp3) is 0.500. The van der Waals surface area contributed by atoms with Crippen molar-refractivity contribution >= 4 is 17.5 Å². The number of amides is 1. The Morgan fingerprint density at radius 2 is 1.89 bits per heavy atom. The van der Waals surface area contributed by atoms with E-state index in [-0.39, 0.29) is 11.9 Å². The van der Waals surface area contributed by atoms with Gasteiger partial charge < -0.3 is 9.73 Å².